The lowest BCUT2D eigenvalue weighted by Gasteiger charge is -2.37. The zero-order chi connectivity index (χ0) is 26.0. The number of imide groups is 1. The molecule has 0 unspecified atom stereocenters. The zero-order valence-corrected chi connectivity index (χ0v) is 18.3. The maximum atomic E-state index is 12.9. The third-order valence-electron chi connectivity index (χ3n) is 5.79. The molecule has 0 atom stereocenters. The quantitative estimate of drug-likeness (QED) is 0.173. The first kappa shape index (κ1) is 25.6. The second-order valence-electron chi connectivity index (χ2n) is 8.12. The van der Waals surface area contributed by atoms with Gasteiger partial charge in [0.1, 0.15) is 11.4 Å². The molecule has 2 heterocycles. The van der Waals surface area contributed by atoms with E-state index in [2.05, 4.69) is 10.1 Å². The minimum absolute atomic E-state index is 0.129. The number of nitrogens with two attached hydrogens (primary N) is 1. The first-order valence-corrected chi connectivity index (χ1v) is 10.5. The number of nitrogens with zero attached hydrogens (tertiary/aromatic N) is 2. The average Bonchev–Trinajstić information content (AvgIpc) is 3.02. The van der Waals surface area contributed by atoms with Gasteiger partial charge in [0.05, 0.1) is 0 Å². The first-order chi connectivity index (χ1) is 16.3. The average molecular weight is 497 g/mol. The van der Waals surface area contributed by atoms with Gasteiger partial charge in [-0.25, -0.2) is 9.59 Å². The third kappa shape index (κ3) is 5.58. The monoisotopic (exact) mass is 497 g/mol. The molecular formula is C21H22F3N5O6. The van der Waals surface area contributed by atoms with Crippen molar-refractivity contribution in [3.05, 3.63) is 35.4 Å². The van der Waals surface area contributed by atoms with Crippen LogP contribution in [0.25, 0.3) is 0 Å². The number of likely N-dealkylation sites (tertiary alicyclic amines) is 1. The van der Waals surface area contributed by atoms with E-state index in [1.807, 2.05) is 0 Å². The summed E-state index contributed by atoms with van der Waals surface area (Å²) in [7, 11) is 0. The van der Waals surface area contributed by atoms with Gasteiger partial charge in [0.2, 0.25) is 0 Å². The highest BCUT2D eigenvalue weighted by Crippen LogP contribution is 2.30. The SMILES string of the molecule is N=C(N)c1ccc(C(=O)N2CCC3(CC2)NC(=O)N(CCCC(=O)OC(=O)C(F)(F)F)C3=O)cc1. The van der Waals surface area contributed by atoms with E-state index in [4.69, 9.17) is 11.1 Å². The van der Waals surface area contributed by atoms with E-state index in [0.717, 1.165) is 4.90 Å². The van der Waals surface area contributed by atoms with Crippen LogP contribution in [-0.4, -0.2) is 76.8 Å². The Bertz CT molecular complexity index is 1060. The molecule has 0 aliphatic carbocycles. The van der Waals surface area contributed by atoms with Gasteiger partial charge in [0.15, 0.2) is 0 Å². The molecule has 35 heavy (non-hydrogen) atoms. The lowest BCUT2D eigenvalue weighted by atomic mass is 9.87. The normalized spacial score (nSPS) is 17.3. The molecule has 1 spiro atoms. The van der Waals surface area contributed by atoms with Crippen LogP contribution in [0.3, 0.4) is 0 Å². The van der Waals surface area contributed by atoms with Gasteiger partial charge >= 0.3 is 24.1 Å². The zero-order valence-electron chi connectivity index (χ0n) is 18.3. The maximum absolute atomic E-state index is 12.9. The smallest absolute Gasteiger partial charge is 0.386 e. The Balaban J connectivity index is 1.52. The molecular weight excluding hydrogens is 475 g/mol. The number of carbonyl (C=O) groups excluding carboxylic acids is 5. The number of alkyl halides is 3. The number of rotatable bonds is 6. The number of amides is 4. The van der Waals surface area contributed by atoms with Crippen molar-refractivity contribution >= 4 is 35.6 Å². The molecule has 188 valence electrons. The van der Waals surface area contributed by atoms with Crippen molar-refractivity contribution in [2.45, 2.75) is 37.4 Å². The van der Waals surface area contributed by atoms with Gasteiger partial charge in [-0.3, -0.25) is 24.7 Å². The molecule has 1 aromatic rings. The fourth-order valence-electron chi connectivity index (χ4n) is 3.88. The van der Waals surface area contributed by atoms with Gasteiger partial charge < -0.3 is 20.7 Å². The highest BCUT2D eigenvalue weighted by atomic mass is 19.4. The fraction of sp³-hybridized carbons (Fsp3) is 0.429. The number of halogens is 3. The second-order valence-corrected chi connectivity index (χ2v) is 8.12. The summed E-state index contributed by atoms with van der Waals surface area (Å²) in [6, 6.07) is 5.47. The number of esters is 2. The van der Waals surface area contributed by atoms with Crippen molar-refractivity contribution in [3.8, 4) is 0 Å². The fourth-order valence-corrected chi connectivity index (χ4v) is 3.88. The minimum atomic E-state index is -5.30. The Morgan fingerprint density at radius 3 is 2.20 bits per heavy atom. The standard InChI is InChI=1S/C21H22F3N5O6/c22-21(23,24)18(33)35-14(30)2-1-9-29-17(32)20(27-19(29)34)7-10-28(11-8-20)16(31)13-5-3-12(4-6-13)15(25)26/h3-6H,1-2,7-11H2,(H3,25,26)(H,27,34). The van der Waals surface area contributed by atoms with Crippen molar-refractivity contribution < 1.29 is 41.9 Å². The topological polar surface area (TPSA) is 163 Å². The molecule has 2 saturated heterocycles. The molecule has 14 heteroatoms. The number of carbonyl (C=O) groups is 5. The number of nitrogens with one attached hydrogen (secondary N) is 2. The second kappa shape index (κ2) is 9.72. The number of urea groups is 1. The Labute approximate surface area is 196 Å². The largest absolute Gasteiger partial charge is 0.491 e. The molecule has 0 saturated carbocycles. The van der Waals surface area contributed by atoms with Crippen molar-refractivity contribution in [1.29, 1.82) is 5.41 Å². The van der Waals surface area contributed by atoms with Gasteiger partial charge in [-0.05, 0) is 31.4 Å². The molecule has 2 aliphatic heterocycles. The first-order valence-electron chi connectivity index (χ1n) is 10.5. The maximum Gasteiger partial charge on any atom is 0.491 e. The van der Waals surface area contributed by atoms with E-state index >= 15 is 0 Å². The molecule has 0 aromatic heterocycles. The number of hydrogen-bond donors (Lipinski definition) is 3. The molecule has 0 radical (unpaired) electrons. The Morgan fingerprint density at radius 1 is 1.09 bits per heavy atom. The van der Waals surface area contributed by atoms with E-state index < -0.39 is 42.0 Å². The highest BCUT2D eigenvalue weighted by Gasteiger charge is 2.52. The summed E-state index contributed by atoms with van der Waals surface area (Å²) in [6.07, 6.45) is -5.81. The van der Waals surface area contributed by atoms with Gasteiger partial charge in [-0.2, -0.15) is 13.2 Å². The summed E-state index contributed by atoms with van der Waals surface area (Å²) in [5, 5.41) is 10.0. The van der Waals surface area contributed by atoms with E-state index in [0.29, 0.717) is 11.1 Å². The van der Waals surface area contributed by atoms with Crippen LogP contribution < -0.4 is 11.1 Å². The van der Waals surface area contributed by atoms with E-state index in [1.54, 1.807) is 24.3 Å². The molecule has 2 fully saturated rings. The van der Waals surface area contributed by atoms with E-state index in [-0.39, 0.29) is 50.6 Å². The number of amidine groups is 1. The van der Waals surface area contributed by atoms with Crippen LogP contribution >= 0.6 is 0 Å². The van der Waals surface area contributed by atoms with Crippen molar-refractivity contribution in [2.24, 2.45) is 5.73 Å². The van der Waals surface area contributed by atoms with Crippen molar-refractivity contribution in [1.82, 2.24) is 15.1 Å². The lowest BCUT2D eigenvalue weighted by molar-refractivity contribution is -0.201. The van der Waals surface area contributed by atoms with Gasteiger partial charge in [0, 0.05) is 37.2 Å². The Morgan fingerprint density at radius 2 is 1.66 bits per heavy atom. The predicted octanol–water partition coefficient (Wildman–Crippen LogP) is 0.910. The molecule has 4 amide bonds. The highest BCUT2D eigenvalue weighted by molar-refractivity contribution is 6.07. The van der Waals surface area contributed by atoms with Crippen LogP contribution in [0.15, 0.2) is 24.3 Å². The molecule has 11 nitrogen and oxygen atoms in total. The number of benzene rings is 1. The summed E-state index contributed by atoms with van der Waals surface area (Å²) < 4.78 is 40.1. The van der Waals surface area contributed by atoms with Crippen LogP contribution in [0.2, 0.25) is 0 Å². The number of ether oxygens (including phenoxy) is 1. The summed E-state index contributed by atoms with van der Waals surface area (Å²) in [5.74, 6) is -5.02. The van der Waals surface area contributed by atoms with Crippen molar-refractivity contribution in [2.75, 3.05) is 19.6 Å². The van der Waals surface area contributed by atoms with Crippen molar-refractivity contribution in [3.63, 3.8) is 0 Å². The number of piperidine rings is 1. The minimum Gasteiger partial charge on any atom is -0.386 e. The molecule has 2 aliphatic rings. The molecule has 3 rings (SSSR count). The summed E-state index contributed by atoms with van der Waals surface area (Å²) >= 11 is 0. The van der Waals surface area contributed by atoms with E-state index in [9.17, 15) is 37.1 Å². The third-order valence-corrected chi connectivity index (χ3v) is 5.79. The molecule has 4 N–H and O–H groups in total. The summed E-state index contributed by atoms with van der Waals surface area (Å²) in [6.45, 7) is 0.102. The number of nitrogen functional groups attached to an aromatic ring is 1. The van der Waals surface area contributed by atoms with Crippen LogP contribution in [0.5, 0.6) is 0 Å². The Kier molecular flexibility index (Phi) is 7.12. The van der Waals surface area contributed by atoms with Gasteiger partial charge in [-0.15, -0.1) is 0 Å². The molecule has 1 aromatic carbocycles. The van der Waals surface area contributed by atoms with Crippen LogP contribution in [0.1, 0.15) is 41.6 Å². The van der Waals surface area contributed by atoms with E-state index in [1.165, 1.54) is 4.90 Å². The predicted molar refractivity (Wildman–Crippen MR) is 112 cm³/mol. The summed E-state index contributed by atoms with van der Waals surface area (Å²) in [5.41, 5.74) is 5.03. The Hall–Kier alpha value is -3.97. The van der Waals surface area contributed by atoms with Crippen LogP contribution in [-0.2, 0) is 19.1 Å². The summed E-state index contributed by atoms with van der Waals surface area (Å²) in [4.78, 5) is 62.5. The van der Waals surface area contributed by atoms with Crippen LogP contribution in [0, 0.1) is 5.41 Å². The number of hydrogen-bond acceptors (Lipinski definition) is 7. The lowest BCUT2D eigenvalue weighted by Crippen LogP contribution is -2.55. The van der Waals surface area contributed by atoms with Gasteiger partial charge in [0.25, 0.3) is 11.8 Å². The van der Waals surface area contributed by atoms with Gasteiger partial charge in [-0.1, -0.05) is 12.1 Å². The molecule has 0 bridgehead atoms. The van der Waals surface area contributed by atoms with Crippen LogP contribution in [0.4, 0.5) is 18.0 Å².